The zero-order chi connectivity index (χ0) is 9.90. The summed E-state index contributed by atoms with van der Waals surface area (Å²) in [5.41, 5.74) is 2.52. The number of aryl methyl sites for hydroxylation is 1. The molecule has 1 aromatic carbocycles. The van der Waals surface area contributed by atoms with Gasteiger partial charge in [0.1, 0.15) is 0 Å². The van der Waals surface area contributed by atoms with Gasteiger partial charge in [-0.3, -0.25) is 0 Å². The van der Waals surface area contributed by atoms with E-state index in [4.69, 9.17) is 4.74 Å². The SMILES string of the molecule is Cc1ccccc1COC(C)(C)C.[Li]. The Hall–Kier alpha value is -0.223. The second-order valence-electron chi connectivity index (χ2n) is 4.33. The molecule has 0 N–H and O–H groups in total. The van der Waals surface area contributed by atoms with Crippen molar-refractivity contribution in [2.24, 2.45) is 0 Å². The summed E-state index contributed by atoms with van der Waals surface area (Å²) in [4.78, 5) is 0. The molecule has 0 saturated carbocycles. The van der Waals surface area contributed by atoms with Gasteiger partial charge in [0, 0.05) is 18.9 Å². The molecule has 0 aromatic heterocycles. The van der Waals surface area contributed by atoms with Crippen LogP contribution in [0.3, 0.4) is 0 Å². The molecule has 1 nitrogen and oxygen atoms in total. The Bertz CT molecular complexity index is 276. The Morgan fingerprint density at radius 3 is 2.21 bits per heavy atom. The number of benzene rings is 1. The van der Waals surface area contributed by atoms with Gasteiger partial charge in [-0.05, 0) is 38.8 Å². The first-order chi connectivity index (χ1) is 5.99. The van der Waals surface area contributed by atoms with Crippen LogP contribution in [0.4, 0.5) is 0 Å². The quantitative estimate of drug-likeness (QED) is 0.644. The van der Waals surface area contributed by atoms with Crippen molar-refractivity contribution in [2.75, 3.05) is 0 Å². The van der Waals surface area contributed by atoms with E-state index in [1.54, 1.807) is 0 Å². The van der Waals surface area contributed by atoms with E-state index in [2.05, 4.69) is 45.9 Å². The fourth-order valence-corrected chi connectivity index (χ4v) is 1.07. The van der Waals surface area contributed by atoms with Crippen molar-refractivity contribution in [1.29, 1.82) is 0 Å². The molecule has 1 radical (unpaired) electrons. The molecule has 0 fully saturated rings. The first kappa shape index (κ1) is 13.8. The van der Waals surface area contributed by atoms with Crippen molar-refractivity contribution < 1.29 is 4.74 Å². The average Bonchev–Trinajstić information content (AvgIpc) is 2.01. The van der Waals surface area contributed by atoms with Crippen LogP contribution >= 0.6 is 0 Å². The molecule has 14 heavy (non-hydrogen) atoms. The summed E-state index contributed by atoms with van der Waals surface area (Å²) in [6.45, 7) is 9.04. The molecule has 1 aromatic rings. The Balaban J connectivity index is 0.00000169. The molecule has 0 aliphatic carbocycles. The number of rotatable bonds is 2. The van der Waals surface area contributed by atoms with Crippen LogP contribution in [-0.4, -0.2) is 24.5 Å². The Kier molecular flexibility index (Phi) is 5.52. The summed E-state index contributed by atoms with van der Waals surface area (Å²) >= 11 is 0. The van der Waals surface area contributed by atoms with Crippen LogP contribution in [0.1, 0.15) is 31.9 Å². The zero-order valence-electron chi connectivity index (χ0n) is 9.92. The van der Waals surface area contributed by atoms with E-state index >= 15 is 0 Å². The van der Waals surface area contributed by atoms with E-state index < -0.39 is 0 Å². The summed E-state index contributed by atoms with van der Waals surface area (Å²) in [5.74, 6) is 0. The molecule has 0 unspecified atom stereocenters. The Morgan fingerprint density at radius 1 is 1.14 bits per heavy atom. The van der Waals surface area contributed by atoms with Gasteiger partial charge in [-0.25, -0.2) is 0 Å². The van der Waals surface area contributed by atoms with Gasteiger partial charge in [-0.1, -0.05) is 24.3 Å². The maximum absolute atomic E-state index is 5.70. The van der Waals surface area contributed by atoms with Crippen LogP contribution in [0, 0.1) is 6.92 Å². The summed E-state index contributed by atoms with van der Waals surface area (Å²) in [5, 5.41) is 0. The van der Waals surface area contributed by atoms with E-state index in [0.29, 0.717) is 6.61 Å². The maximum Gasteiger partial charge on any atom is 0.0726 e. The molecule has 0 spiro atoms. The maximum atomic E-state index is 5.70. The minimum absolute atomic E-state index is 0. The predicted molar refractivity (Wildman–Crippen MR) is 61.5 cm³/mol. The predicted octanol–water partition coefficient (Wildman–Crippen LogP) is 2.93. The van der Waals surface area contributed by atoms with Crippen LogP contribution in [0.5, 0.6) is 0 Å². The Labute approximate surface area is 99.0 Å². The summed E-state index contributed by atoms with van der Waals surface area (Å²) in [6.07, 6.45) is 0. The summed E-state index contributed by atoms with van der Waals surface area (Å²) in [6, 6.07) is 8.33. The largest absolute Gasteiger partial charge is 0.371 e. The van der Waals surface area contributed by atoms with E-state index in [0.717, 1.165) is 0 Å². The number of hydrogen-bond donors (Lipinski definition) is 0. The van der Waals surface area contributed by atoms with Crippen LogP contribution < -0.4 is 0 Å². The molecule has 0 heterocycles. The van der Waals surface area contributed by atoms with Crippen molar-refractivity contribution >= 4 is 18.9 Å². The third kappa shape index (κ3) is 4.86. The number of ether oxygens (including phenoxy) is 1. The van der Waals surface area contributed by atoms with Gasteiger partial charge in [0.2, 0.25) is 0 Å². The molecule has 0 atom stereocenters. The minimum atomic E-state index is -0.0533. The first-order valence-electron chi connectivity index (χ1n) is 4.67. The van der Waals surface area contributed by atoms with E-state index in [1.807, 2.05) is 6.07 Å². The third-order valence-electron chi connectivity index (χ3n) is 1.92. The standard InChI is InChI=1S/C12H18O.Li/c1-10-7-5-6-8-11(10)9-13-12(2,3)4;/h5-8H,9H2,1-4H3;. The topological polar surface area (TPSA) is 9.23 Å². The molecule has 0 aliphatic rings. The fraction of sp³-hybridized carbons (Fsp3) is 0.500. The van der Waals surface area contributed by atoms with Gasteiger partial charge in [0.15, 0.2) is 0 Å². The molecule has 0 bridgehead atoms. The molecule has 0 amide bonds. The van der Waals surface area contributed by atoms with Gasteiger partial charge in [-0.2, -0.15) is 0 Å². The molecular weight excluding hydrogens is 167 g/mol. The molecule has 1 rings (SSSR count). The van der Waals surface area contributed by atoms with Gasteiger partial charge >= 0.3 is 0 Å². The molecule has 0 saturated heterocycles. The monoisotopic (exact) mass is 185 g/mol. The normalized spacial score (nSPS) is 10.9. The summed E-state index contributed by atoms with van der Waals surface area (Å²) in [7, 11) is 0. The molecular formula is C12H18LiO. The van der Waals surface area contributed by atoms with E-state index in [1.165, 1.54) is 11.1 Å². The average molecular weight is 185 g/mol. The van der Waals surface area contributed by atoms with Crippen LogP contribution in [0.2, 0.25) is 0 Å². The van der Waals surface area contributed by atoms with Crippen molar-refractivity contribution in [3.8, 4) is 0 Å². The van der Waals surface area contributed by atoms with Crippen LogP contribution in [0.25, 0.3) is 0 Å². The minimum Gasteiger partial charge on any atom is -0.371 e. The van der Waals surface area contributed by atoms with E-state index in [9.17, 15) is 0 Å². The molecule has 73 valence electrons. The zero-order valence-corrected chi connectivity index (χ0v) is 9.92. The third-order valence-corrected chi connectivity index (χ3v) is 1.92. The molecule has 2 heteroatoms. The second-order valence-corrected chi connectivity index (χ2v) is 4.33. The van der Waals surface area contributed by atoms with Crippen LogP contribution in [-0.2, 0) is 11.3 Å². The van der Waals surface area contributed by atoms with Crippen molar-refractivity contribution in [1.82, 2.24) is 0 Å². The van der Waals surface area contributed by atoms with Gasteiger partial charge < -0.3 is 4.74 Å². The Morgan fingerprint density at radius 2 is 1.71 bits per heavy atom. The smallest absolute Gasteiger partial charge is 0.0726 e. The van der Waals surface area contributed by atoms with Crippen LogP contribution in [0.15, 0.2) is 24.3 Å². The summed E-state index contributed by atoms with van der Waals surface area (Å²) < 4.78 is 5.70. The fourth-order valence-electron chi connectivity index (χ4n) is 1.07. The van der Waals surface area contributed by atoms with Crippen molar-refractivity contribution in [3.05, 3.63) is 35.4 Å². The van der Waals surface area contributed by atoms with Gasteiger partial charge in [0.25, 0.3) is 0 Å². The molecule has 0 aliphatic heterocycles. The van der Waals surface area contributed by atoms with Crippen molar-refractivity contribution in [2.45, 2.75) is 39.9 Å². The van der Waals surface area contributed by atoms with Gasteiger partial charge in [0.05, 0.1) is 12.2 Å². The second kappa shape index (κ2) is 5.61. The van der Waals surface area contributed by atoms with Crippen molar-refractivity contribution in [3.63, 3.8) is 0 Å². The first-order valence-corrected chi connectivity index (χ1v) is 4.67. The van der Waals surface area contributed by atoms with E-state index in [-0.39, 0.29) is 24.5 Å². The van der Waals surface area contributed by atoms with Gasteiger partial charge in [-0.15, -0.1) is 0 Å². The number of hydrogen-bond acceptors (Lipinski definition) is 1.